The van der Waals surface area contributed by atoms with Crippen molar-refractivity contribution < 1.29 is 14.7 Å². The van der Waals surface area contributed by atoms with Crippen LogP contribution < -0.4 is 0 Å². The quantitative estimate of drug-likeness (QED) is 0.708. The highest BCUT2D eigenvalue weighted by molar-refractivity contribution is 5.81. The van der Waals surface area contributed by atoms with Crippen LogP contribution in [0.25, 0.3) is 0 Å². The maximum Gasteiger partial charge on any atom is 0.306 e. The lowest BCUT2D eigenvalue weighted by Crippen LogP contribution is -2.36. The first-order chi connectivity index (χ1) is 8.10. The third kappa shape index (κ3) is 3.18. The Morgan fingerprint density at radius 1 is 1.18 bits per heavy atom. The van der Waals surface area contributed by atoms with Crippen LogP contribution in [0.1, 0.15) is 19.3 Å². The second kappa shape index (κ2) is 5.86. The smallest absolute Gasteiger partial charge is 0.306 e. The maximum atomic E-state index is 11.9. The SMILES string of the molecule is N#CCN(CC#N)C(=O)[C@@H]1CC[C@H](C(=O)O)C1. The summed E-state index contributed by atoms with van der Waals surface area (Å²) in [5.74, 6) is -2.00. The Kier molecular flexibility index (Phi) is 4.47. The fraction of sp³-hybridized carbons (Fsp3) is 0.636. The van der Waals surface area contributed by atoms with E-state index in [0.717, 1.165) is 0 Å². The van der Waals surface area contributed by atoms with Crippen LogP contribution in [0, 0.1) is 34.5 Å². The molecule has 17 heavy (non-hydrogen) atoms. The van der Waals surface area contributed by atoms with Gasteiger partial charge in [0.2, 0.25) is 5.91 Å². The number of nitriles is 2. The van der Waals surface area contributed by atoms with Crippen molar-refractivity contribution in [3.63, 3.8) is 0 Å². The van der Waals surface area contributed by atoms with Crippen LogP contribution in [0.15, 0.2) is 0 Å². The van der Waals surface area contributed by atoms with Crippen LogP contribution in [0.4, 0.5) is 0 Å². The number of carboxylic acids is 1. The van der Waals surface area contributed by atoms with Gasteiger partial charge in [0, 0.05) is 5.92 Å². The lowest BCUT2D eigenvalue weighted by Gasteiger charge is -2.19. The molecule has 0 aromatic rings. The minimum Gasteiger partial charge on any atom is -0.481 e. The first-order valence-electron chi connectivity index (χ1n) is 5.35. The fourth-order valence-electron chi connectivity index (χ4n) is 2.07. The zero-order chi connectivity index (χ0) is 12.8. The largest absolute Gasteiger partial charge is 0.481 e. The van der Waals surface area contributed by atoms with Gasteiger partial charge in [0.1, 0.15) is 13.1 Å². The number of carbonyl (C=O) groups excluding carboxylic acids is 1. The van der Waals surface area contributed by atoms with E-state index in [1.807, 2.05) is 12.1 Å². The van der Waals surface area contributed by atoms with Crippen molar-refractivity contribution in [2.24, 2.45) is 11.8 Å². The van der Waals surface area contributed by atoms with Crippen LogP contribution in [0.5, 0.6) is 0 Å². The summed E-state index contributed by atoms with van der Waals surface area (Å²) in [6.07, 6.45) is 1.31. The van der Waals surface area contributed by atoms with Crippen molar-refractivity contribution in [1.82, 2.24) is 4.90 Å². The second-order valence-electron chi connectivity index (χ2n) is 4.06. The summed E-state index contributed by atoms with van der Waals surface area (Å²) in [6.45, 7) is -0.249. The zero-order valence-electron chi connectivity index (χ0n) is 9.30. The van der Waals surface area contributed by atoms with Gasteiger partial charge in [-0.2, -0.15) is 10.5 Å². The molecule has 0 heterocycles. The van der Waals surface area contributed by atoms with E-state index in [1.165, 1.54) is 4.90 Å². The van der Waals surface area contributed by atoms with Crippen molar-refractivity contribution in [2.45, 2.75) is 19.3 Å². The van der Waals surface area contributed by atoms with Crippen molar-refractivity contribution >= 4 is 11.9 Å². The molecule has 0 aliphatic heterocycles. The molecule has 90 valence electrons. The van der Waals surface area contributed by atoms with E-state index >= 15 is 0 Å². The highest BCUT2D eigenvalue weighted by Gasteiger charge is 2.35. The number of carbonyl (C=O) groups is 2. The Balaban J connectivity index is 2.61. The van der Waals surface area contributed by atoms with Gasteiger partial charge in [-0.25, -0.2) is 0 Å². The summed E-state index contributed by atoms with van der Waals surface area (Å²) in [7, 11) is 0. The van der Waals surface area contributed by atoms with Crippen LogP contribution in [0.2, 0.25) is 0 Å². The molecule has 0 aromatic carbocycles. The number of nitrogens with zero attached hydrogens (tertiary/aromatic N) is 3. The standard InChI is InChI=1S/C11H13N3O3/c12-3-5-14(6-4-13)10(15)8-1-2-9(7-8)11(16)17/h8-9H,1-2,5-7H2,(H,16,17)/t8-,9+/m1/s1. The Hall–Kier alpha value is -2.08. The molecule has 0 spiro atoms. The van der Waals surface area contributed by atoms with Crippen LogP contribution in [-0.4, -0.2) is 35.0 Å². The first-order valence-corrected chi connectivity index (χ1v) is 5.35. The molecule has 1 saturated carbocycles. The van der Waals surface area contributed by atoms with E-state index in [4.69, 9.17) is 15.6 Å². The molecule has 1 aliphatic carbocycles. The van der Waals surface area contributed by atoms with Gasteiger partial charge in [-0.1, -0.05) is 0 Å². The molecule has 6 nitrogen and oxygen atoms in total. The molecule has 1 N–H and O–H groups in total. The molecule has 2 atom stereocenters. The predicted molar refractivity (Wildman–Crippen MR) is 56.3 cm³/mol. The molecule has 0 bridgehead atoms. The van der Waals surface area contributed by atoms with Crippen LogP contribution >= 0.6 is 0 Å². The minimum atomic E-state index is -0.882. The van der Waals surface area contributed by atoms with Gasteiger partial charge < -0.3 is 10.0 Å². The number of amides is 1. The highest BCUT2D eigenvalue weighted by Crippen LogP contribution is 2.32. The lowest BCUT2D eigenvalue weighted by molar-refractivity contribution is -0.141. The maximum absolute atomic E-state index is 11.9. The van der Waals surface area contributed by atoms with Gasteiger partial charge in [-0.3, -0.25) is 9.59 Å². The fourth-order valence-corrected chi connectivity index (χ4v) is 2.07. The third-order valence-corrected chi connectivity index (χ3v) is 2.97. The molecule has 1 amide bonds. The Morgan fingerprint density at radius 3 is 2.12 bits per heavy atom. The Bertz CT molecular complexity index is 378. The molecular weight excluding hydrogens is 222 g/mol. The van der Waals surface area contributed by atoms with E-state index in [2.05, 4.69) is 0 Å². The van der Waals surface area contributed by atoms with E-state index < -0.39 is 11.9 Å². The average molecular weight is 235 g/mol. The van der Waals surface area contributed by atoms with Gasteiger partial charge in [0.25, 0.3) is 0 Å². The van der Waals surface area contributed by atoms with E-state index in [1.54, 1.807) is 0 Å². The predicted octanol–water partition coefficient (Wildman–Crippen LogP) is 0.363. The molecule has 1 aliphatic rings. The highest BCUT2D eigenvalue weighted by atomic mass is 16.4. The average Bonchev–Trinajstić information content (AvgIpc) is 2.77. The number of aliphatic carboxylic acids is 1. The zero-order valence-corrected chi connectivity index (χ0v) is 9.30. The summed E-state index contributed by atoms with van der Waals surface area (Å²) in [6, 6.07) is 3.66. The summed E-state index contributed by atoms with van der Waals surface area (Å²) < 4.78 is 0. The number of carboxylic acid groups (broad SMARTS) is 1. The second-order valence-corrected chi connectivity index (χ2v) is 4.06. The van der Waals surface area contributed by atoms with Crippen molar-refractivity contribution in [3.05, 3.63) is 0 Å². The molecule has 1 fully saturated rings. The van der Waals surface area contributed by atoms with Gasteiger partial charge >= 0.3 is 5.97 Å². The summed E-state index contributed by atoms with van der Waals surface area (Å²) in [5, 5.41) is 25.9. The Morgan fingerprint density at radius 2 is 1.71 bits per heavy atom. The van der Waals surface area contributed by atoms with E-state index in [-0.39, 0.29) is 24.9 Å². The Labute approximate surface area is 99.0 Å². The van der Waals surface area contributed by atoms with Crippen molar-refractivity contribution in [2.75, 3.05) is 13.1 Å². The number of hydrogen-bond acceptors (Lipinski definition) is 4. The monoisotopic (exact) mass is 235 g/mol. The molecule has 0 aromatic heterocycles. The van der Waals surface area contributed by atoms with Crippen molar-refractivity contribution in [3.8, 4) is 12.1 Å². The molecule has 0 saturated heterocycles. The summed E-state index contributed by atoms with van der Waals surface area (Å²) >= 11 is 0. The molecular formula is C11H13N3O3. The van der Waals surface area contributed by atoms with Gasteiger partial charge in [0.15, 0.2) is 0 Å². The summed E-state index contributed by atoms with van der Waals surface area (Å²) in [4.78, 5) is 23.9. The van der Waals surface area contributed by atoms with Gasteiger partial charge in [-0.05, 0) is 19.3 Å². The van der Waals surface area contributed by atoms with Gasteiger partial charge in [0.05, 0.1) is 18.1 Å². The molecule has 0 unspecified atom stereocenters. The topological polar surface area (TPSA) is 105 Å². The van der Waals surface area contributed by atoms with E-state index in [9.17, 15) is 9.59 Å². The first kappa shape index (κ1) is 13.0. The normalized spacial score (nSPS) is 22.5. The van der Waals surface area contributed by atoms with Crippen molar-refractivity contribution in [1.29, 1.82) is 10.5 Å². The molecule has 0 radical (unpaired) electrons. The molecule has 1 rings (SSSR count). The third-order valence-electron chi connectivity index (χ3n) is 2.97. The van der Waals surface area contributed by atoms with Gasteiger partial charge in [-0.15, -0.1) is 0 Å². The minimum absolute atomic E-state index is 0.124. The number of hydrogen-bond donors (Lipinski definition) is 1. The lowest BCUT2D eigenvalue weighted by atomic mass is 10.0. The van der Waals surface area contributed by atoms with Crippen LogP contribution in [0.3, 0.4) is 0 Å². The molecule has 6 heteroatoms. The van der Waals surface area contributed by atoms with E-state index in [0.29, 0.717) is 19.3 Å². The van der Waals surface area contributed by atoms with Crippen LogP contribution in [-0.2, 0) is 9.59 Å². The summed E-state index contributed by atoms with van der Waals surface area (Å²) in [5.41, 5.74) is 0. The number of rotatable bonds is 4.